The number of carboxylic acids is 3. The zero-order chi connectivity index (χ0) is 39.3. The molecular formula is C34H49BrN6O11. The molecule has 1 heterocycles. The molecule has 0 saturated carbocycles. The Morgan fingerprint density at radius 1 is 0.827 bits per heavy atom. The summed E-state index contributed by atoms with van der Waals surface area (Å²) in [7, 11) is 0. The van der Waals surface area contributed by atoms with Crippen molar-refractivity contribution in [1.82, 2.24) is 26.2 Å². The maximum atomic E-state index is 14.1. The van der Waals surface area contributed by atoms with Crippen LogP contribution in [0, 0.1) is 11.8 Å². The third-order valence-corrected chi connectivity index (χ3v) is 8.92. The molecule has 0 spiro atoms. The molecule has 288 valence electrons. The number of nitrogens with zero attached hydrogens (tertiary/aromatic N) is 1. The first kappa shape index (κ1) is 43.6. The van der Waals surface area contributed by atoms with Gasteiger partial charge in [-0.2, -0.15) is 0 Å². The van der Waals surface area contributed by atoms with Crippen LogP contribution in [-0.2, 0) is 44.8 Å². The quantitative estimate of drug-likeness (QED) is 0.0890. The van der Waals surface area contributed by atoms with Crippen LogP contribution in [-0.4, -0.2) is 110 Å². The lowest BCUT2D eigenvalue weighted by molar-refractivity contribution is -0.148. The second kappa shape index (κ2) is 20.5. The summed E-state index contributed by atoms with van der Waals surface area (Å²) < 4.78 is 0.767. The standard InChI is InChI=1S/C34H49BrN6O11/c1-17(2)14-22(37-32(49)28(18(3)4)40-29(46)21(36)11-12-26(42)43)30(47)38-23(15-19-7-9-20(35)10-8-19)33(50)41-13-5-6-25(41)31(48)39-24(34(51)52)16-27(44)45/h7-10,17-18,21-25,28H,5-6,11-16,36H2,1-4H3,(H,37,49)(H,38,47)(H,39,48)(H,40,46)(H,42,43)(H,44,45)(H,51,52)/t21-,22-,23-,24-,25+,28-/m0/s1. The Hall–Kier alpha value is -4.58. The van der Waals surface area contributed by atoms with Crippen LogP contribution in [0.3, 0.4) is 0 Å². The van der Waals surface area contributed by atoms with E-state index in [4.69, 9.17) is 15.9 Å². The molecule has 1 aromatic rings. The monoisotopic (exact) mass is 796 g/mol. The Morgan fingerprint density at radius 2 is 1.44 bits per heavy atom. The number of hydrogen-bond donors (Lipinski definition) is 8. The van der Waals surface area contributed by atoms with Crippen molar-refractivity contribution in [1.29, 1.82) is 0 Å². The molecule has 0 aliphatic carbocycles. The van der Waals surface area contributed by atoms with Crippen LogP contribution in [0.1, 0.15) is 71.8 Å². The van der Waals surface area contributed by atoms with Gasteiger partial charge < -0.3 is 47.2 Å². The van der Waals surface area contributed by atoms with Gasteiger partial charge in [-0.1, -0.05) is 55.8 Å². The molecule has 1 aliphatic heterocycles. The molecule has 0 aromatic heterocycles. The third kappa shape index (κ3) is 13.9. The van der Waals surface area contributed by atoms with E-state index in [0.29, 0.717) is 12.0 Å². The molecule has 18 heteroatoms. The predicted octanol–water partition coefficient (Wildman–Crippen LogP) is 0.375. The summed E-state index contributed by atoms with van der Waals surface area (Å²) >= 11 is 3.36. The minimum atomic E-state index is -1.72. The van der Waals surface area contributed by atoms with Crippen LogP contribution >= 0.6 is 15.9 Å². The van der Waals surface area contributed by atoms with Crippen molar-refractivity contribution in [3.8, 4) is 0 Å². The smallest absolute Gasteiger partial charge is 0.326 e. The van der Waals surface area contributed by atoms with Crippen LogP contribution in [0.25, 0.3) is 0 Å². The first-order chi connectivity index (χ1) is 24.3. The Labute approximate surface area is 309 Å². The number of amides is 5. The normalized spacial score (nSPS) is 17.0. The molecule has 17 nitrogen and oxygen atoms in total. The van der Waals surface area contributed by atoms with Crippen molar-refractivity contribution in [2.24, 2.45) is 17.6 Å². The molecule has 6 atom stereocenters. The zero-order valence-electron chi connectivity index (χ0n) is 29.6. The van der Waals surface area contributed by atoms with Crippen LogP contribution in [0.15, 0.2) is 28.7 Å². The van der Waals surface area contributed by atoms with Gasteiger partial charge in [0.05, 0.1) is 12.5 Å². The van der Waals surface area contributed by atoms with Crippen LogP contribution < -0.4 is 27.0 Å². The molecule has 1 fully saturated rings. The highest BCUT2D eigenvalue weighted by atomic mass is 79.9. The van der Waals surface area contributed by atoms with Crippen molar-refractivity contribution in [2.45, 2.75) is 109 Å². The van der Waals surface area contributed by atoms with Gasteiger partial charge in [0.2, 0.25) is 29.5 Å². The molecular weight excluding hydrogens is 748 g/mol. The van der Waals surface area contributed by atoms with E-state index in [9.17, 15) is 43.5 Å². The lowest BCUT2D eigenvalue weighted by Crippen LogP contribution is -2.60. The van der Waals surface area contributed by atoms with Gasteiger partial charge in [-0.25, -0.2) is 4.79 Å². The first-order valence-electron chi connectivity index (χ1n) is 17.0. The number of aliphatic carboxylic acids is 3. The Kier molecular flexibility index (Phi) is 17.1. The van der Waals surface area contributed by atoms with E-state index in [1.807, 2.05) is 13.8 Å². The van der Waals surface area contributed by atoms with Gasteiger partial charge in [0.1, 0.15) is 30.2 Å². The van der Waals surface area contributed by atoms with Crippen molar-refractivity contribution < 1.29 is 53.7 Å². The number of nitrogens with two attached hydrogens (primary N) is 1. The molecule has 52 heavy (non-hydrogen) atoms. The summed E-state index contributed by atoms with van der Waals surface area (Å²) in [5.41, 5.74) is 6.49. The number of hydrogen-bond acceptors (Lipinski definition) is 9. The fraction of sp³-hybridized carbons (Fsp3) is 0.588. The highest BCUT2D eigenvalue weighted by Gasteiger charge is 2.40. The fourth-order valence-corrected chi connectivity index (χ4v) is 5.91. The molecule has 1 aliphatic rings. The van der Waals surface area contributed by atoms with E-state index >= 15 is 0 Å². The average molecular weight is 798 g/mol. The lowest BCUT2D eigenvalue weighted by atomic mass is 9.98. The highest BCUT2D eigenvalue weighted by Crippen LogP contribution is 2.21. The van der Waals surface area contributed by atoms with E-state index in [1.54, 1.807) is 38.1 Å². The van der Waals surface area contributed by atoms with E-state index < -0.39 is 96.0 Å². The molecule has 5 amide bonds. The molecule has 1 saturated heterocycles. The minimum absolute atomic E-state index is 0.0132. The molecule has 0 unspecified atom stereocenters. The van der Waals surface area contributed by atoms with Crippen LogP contribution in [0.4, 0.5) is 0 Å². The van der Waals surface area contributed by atoms with Crippen LogP contribution in [0.5, 0.6) is 0 Å². The summed E-state index contributed by atoms with van der Waals surface area (Å²) in [4.78, 5) is 102. The topological polar surface area (TPSA) is 275 Å². The van der Waals surface area contributed by atoms with Crippen molar-refractivity contribution >= 4 is 63.4 Å². The van der Waals surface area contributed by atoms with Gasteiger partial charge >= 0.3 is 17.9 Å². The number of halogens is 1. The number of rotatable bonds is 20. The fourth-order valence-electron chi connectivity index (χ4n) is 5.64. The van der Waals surface area contributed by atoms with Gasteiger partial charge in [-0.3, -0.25) is 33.6 Å². The van der Waals surface area contributed by atoms with E-state index in [0.717, 1.165) is 4.47 Å². The van der Waals surface area contributed by atoms with E-state index in [1.165, 1.54) is 4.90 Å². The zero-order valence-corrected chi connectivity index (χ0v) is 31.2. The summed E-state index contributed by atoms with van der Waals surface area (Å²) in [5, 5.41) is 37.6. The average Bonchev–Trinajstić information content (AvgIpc) is 3.55. The Bertz CT molecular complexity index is 1470. The molecule has 1 aromatic carbocycles. The summed E-state index contributed by atoms with van der Waals surface area (Å²) in [6.45, 7) is 7.09. The third-order valence-electron chi connectivity index (χ3n) is 8.39. The van der Waals surface area contributed by atoms with Gasteiger partial charge in [0.25, 0.3) is 0 Å². The minimum Gasteiger partial charge on any atom is -0.481 e. The molecule has 2 rings (SSSR count). The number of carbonyl (C=O) groups is 8. The molecule has 0 radical (unpaired) electrons. The van der Waals surface area contributed by atoms with Crippen molar-refractivity contribution in [3.05, 3.63) is 34.3 Å². The second-order valence-corrected chi connectivity index (χ2v) is 14.5. The van der Waals surface area contributed by atoms with Crippen LogP contribution in [0.2, 0.25) is 0 Å². The number of benzene rings is 1. The molecule has 9 N–H and O–H groups in total. The summed E-state index contributed by atoms with van der Waals surface area (Å²) in [6, 6.07) is -0.620. The number of nitrogens with one attached hydrogen (secondary N) is 4. The maximum absolute atomic E-state index is 14.1. The Balaban J connectivity index is 2.35. The summed E-state index contributed by atoms with van der Waals surface area (Å²) in [5.74, 6) is -8.33. The first-order valence-corrected chi connectivity index (χ1v) is 17.8. The maximum Gasteiger partial charge on any atom is 0.326 e. The molecule has 0 bridgehead atoms. The van der Waals surface area contributed by atoms with E-state index in [-0.39, 0.29) is 44.6 Å². The number of likely N-dealkylation sites (tertiary alicyclic amines) is 1. The van der Waals surface area contributed by atoms with Gasteiger partial charge in [-0.05, 0) is 55.2 Å². The number of carbonyl (C=O) groups excluding carboxylic acids is 5. The second-order valence-electron chi connectivity index (χ2n) is 13.5. The highest BCUT2D eigenvalue weighted by molar-refractivity contribution is 9.10. The van der Waals surface area contributed by atoms with Crippen molar-refractivity contribution in [2.75, 3.05) is 6.54 Å². The predicted molar refractivity (Wildman–Crippen MR) is 189 cm³/mol. The summed E-state index contributed by atoms with van der Waals surface area (Å²) in [6.07, 6.45) is -0.685. The van der Waals surface area contributed by atoms with Gasteiger partial charge in [-0.15, -0.1) is 0 Å². The van der Waals surface area contributed by atoms with Gasteiger partial charge in [0, 0.05) is 23.9 Å². The van der Waals surface area contributed by atoms with E-state index in [2.05, 4.69) is 37.2 Å². The van der Waals surface area contributed by atoms with Crippen molar-refractivity contribution in [3.63, 3.8) is 0 Å². The lowest BCUT2D eigenvalue weighted by Gasteiger charge is -2.31. The Morgan fingerprint density at radius 3 is 1.98 bits per heavy atom. The SMILES string of the molecule is CC(C)C[C@H](NC(=O)[C@@H](NC(=O)[C@@H](N)CCC(=O)O)C(C)C)C(=O)N[C@@H](Cc1ccc(Br)cc1)C(=O)N1CCC[C@@H]1C(=O)N[C@@H](CC(=O)O)C(=O)O. The van der Waals surface area contributed by atoms with Gasteiger partial charge in [0.15, 0.2) is 0 Å². The number of carboxylic acid groups (broad SMARTS) is 3. The largest absolute Gasteiger partial charge is 0.481 e.